The van der Waals surface area contributed by atoms with E-state index in [9.17, 15) is 4.79 Å². The molecule has 0 saturated heterocycles. The molecule has 0 bridgehead atoms. The first-order chi connectivity index (χ1) is 7.97. The first-order valence-corrected chi connectivity index (χ1v) is 6.20. The lowest BCUT2D eigenvalue weighted by Crippen LogP contribution is -2.38. The molecular formula is C13H19ClN2O. The molecule has 1 aromatic carbocycles. The number of nitrogen functional groups attached to an aromatic ring is 1. The molecule has 1 atom stereocenters. The molecule has 0 aliphatic rings. The average Bonchev–Trinajstić information content (AvgIpc) is 2.28. The normalized spacial score (nSPS) is 12.5. The monoisotopic (exact) mass is 254 g/mol. The Hall–Kier alpha value is -1.22. The zero-order chi connectivity index (χ0) is 13.0. The van der Waals surface area contributed by atoms with E-state index in [1.807, 2.05) is 6.92 Å². The molecule has 0 heterocycles. The van der Waals surface area contributed by atoms with Crippen molar-refractivity contribution < 1.29 is 4.79 Å². The summed E-state index contributed by atoms with van der Waals surface area (Å²) in [6.45, 7) is 6.21. The number of carbonyl (C=O) groups excluding carboxylic acids is 1. The van der Waals surface area contributed by atoms with Gasteiger partial charge in [-0.05, 0) is 24.5 Å². The SMILES string of the molecule is CCC(NC(=O)c1cccc(N)c1Cl)C(C)C. The van der Waals surface area contributed by atoms with E-state index in [4.69, 9.17) is 17.3 Å². The molecule has 0 saturated carbocycles. The summed E-state index contributed by atoms with van der Waals surface area (Å²) in [5, 5.41) is 3.29. The van der Waals surface area contributed by atoms with Gasteiger partial charge in [0, 0.05) is 6.04 Å². The highest BCUT2D eigenvalue weighted by molar-refractivity contribution is 6.36. The number of nitrogens with two attached hydrogens (primary N) is 1. The third-order valence-electron chi connectivity index (χ3n) is 2.83. The predicted molar refractivity (Wildman–Crippen MR) is 72.2 cm³/mol. The van der Waals surface area contributed by atoms with Gasteiger partial charge in [0.2, 0.25) is 0 Å². The minimum atomic E-state index is -0.164. The Balaban J connectivity index is 2.86. The van der Waals surface area contributed by atoms with E-state index < -0.39 is 0 Å². The number of hydrogen-bond donors (Lipinski definition) is 2. The van der Waals surface area contributed by atoms with E-state index in [0.29, 0.717) is 22.2 Å². The van der Waals surface area contributed by atoms with Gasteiger partial charge in [0.05, 0.1) is 16.3 Å². The molecule has 1 unspecified atom stereocenters. The van der Waals surface area contributed by atoms with E-state index in [1.54, 1.807) is 18.2 Å². The molecule has 94 valence electrons. The van der Waals surface area contributed by atoms with E-state index in [-0.39, 0.29) is 11.9 Å². The van der Waals surface area contributed by atoms with Gasteiger partial charge < -0.3 is 11.1 Å². The fourth-order valence-electron chi connectivity index (χ4n) is 1.71. The van der Waals surface area contributed by atoms with E-state index in [1.165, 1.54) is 0 Å². The van der Waals surface area contributed by atoms with Crippen molar-refractivity contribution in [2.24, 2.45) is 5.92 Å². The first kappa shape index (κ1) is 13.8. The molecule has 0 aromatic heterocycles. The van der Waals surface area contributed by atoms with Crippen LogP contribution in [0.5, 0.6) is 0 Å². The molecule has 17 heavy (non-hydrogen) atoms. The quantitative estimate of drug-likeness (QED) is 0.812. The number of carbonyl (C=O) groups is 1. The molecule has 1 rings (SSSR count). The van der Waals surface area contributed by atoms with Gasteiger partial charge in [0.1, 0.15) is 0 Å². The van der Waals surface area contributed by atoms with Crippen molar-refractivity contribution in [3.63, 3.8) is 0 Å². The molecule has 0 radical (unpaired) electrons. The maximum atomic E-state index is 12.0. The maximum Gasteiger partial charge on any atom is 0.253 e. The molecule has 0 fully saturated rings. The number of anilines is 1. The molecule has 0 aliphatic heterocycles. The Morgan fingerprint density at radius 1 is 1.47 bits per heavy atom. The van der Waals surface area contributed by atoms with E-state index in [0.717, 1.165) is 6.42 Å². The average molecular weight is 255 g/mol. The highest BCUT2D eigenvalue weighted by atomic mass is 35.5. The zero-order valence-electron chi connectivity index (χ0n) is 10.5. The van der Waals surface area contributed by atoms with Gasteiger partial charge in [0.15, 0.2) is 0 Å². The summed E-state index contributed by atoms with van der Waals surface area (Å²) >= 11 is 6.01. The summed E-state index contributed by atoms with van der Waals surface area (Å²) in [6, 6.07) is 5.24. The van der Waals surface area contributed by atoms with E-state index >= 15 is 0 Å². The summed E-state index contributed by atoms with van der Waals surface area (Å²) in [6.07, 6.45) is 0.892. The third kappa shape index (κ3) is 3.37. The van der Waals surface area contributed by atoms with Gasteiger partial charge in [-0.2, -0.15) is 0 Å². The van der Waals surface area contributed by atoms with Crippen LogP contribution in [0.25, 0.3) is 0 Å². The first-order valence-electron chi connectivity index (χ1n) is 5.82. The second-order valence-electron chi connectivity index (χ2n) is 4.44. The largest absolute Gasteiger partial charge is 0.398 e. The Kier molecular flexibility index (Phi) is 4.82. The van der Waals surface area contributed by atoms with Crippen LogP contribution in [-0.4, -0.2) is 11.9 Å². The second kappa shape index (κ2) is 5.92. The molecule has 3 nitrogen and oxygen atoms in total. The van der Waals surface area contributed by atoms with Gasteiger partial charge in [-0.25, -0.2) is 0 Å². The lowest BCUT2D eigenvalue weighted by Gasteiger charge is -2.21. The van der Waals surface area contributed by atoms with Gasteiger partial charge >= 0.3 is 0 Å². The number of rotatable bonds is 4. The van der Waals surface area contributed by atoms with E-state index in [2.05, 4.69) is 19.2 Å². The van der Waals surface area contributed by atoms with Crippen LogP contribution in [0.1, 0.15) is 37.6 Å². The number of halogens is 1. The predicted octanol–water partition coefficient (Wildman–Crippen LogP) is 3.09. The van der Waals surface area contributed by atoms with Crippen LogP contribution in [-0.2, 0) is 0 Å². The molecule has 1 amide bonds. The number of benzene rings is 1. The fraction of sp³-hybridized carbons (Fsp3) is 0.462. The highest BCUT2D eigenvalue weighted by Gasteiger charge is 2.17. The zero-order valence-corrected chi connectivity index (χ0v) is 11.2. The molecule has 3 N–H and O–H groups in total. The van der Waals surface area contributed by atoms with Crippen LogP contribution in [0.3, 0.4) is 0 Å². The Morgan fingerprint density at radius 2 is 2.12 bits per heavy atom. The summed E-state index contributed by atoms with van der Waals surface area (Å²) < 4.78 is 0. The Labute approximate surface area is 107 Å². The van der Waals surface area contributed by atoms with Crippen LogP contribution in [0.4, 0.5) is 5.69 Å². The highest BCUT2D eigenvalue weighted by Crippen LogP contribution is 2.23. The lowest BCUT2D eigenvalue weighted by atomic mass is 10.0. The summed E-state index contributed by atoms with van der Waals surface area (Å²) in [7, 11) is 0. The number of hydrogen-bond acceptors (Lipinski definition) is 2. The smallest absolute Gasteiger partial charge is 0.253 e. The Bertz CT molecular complexity index is 404. The van der Waals surface area contributed by atoms with Crippen molar-refractivity contribution in [2.75, 3.05) is 5.73 Å². The molecule has 4 heteroatoms. The molecule has 0 spiro atoms. The molecular weight excluding hydrogens is 236 g/mol. The van der Waals surface area contributed by atoms with Crippen LogP contribution >= 0.6 is 11.6 Å². The molecule has 1 aromatic rings. The van der Waals surface area contributed by atoms with Crippen LogP contribution in [0.15, 0.2) is 18.2 Å². The van der Waals surface area contributed by atoms with Gasteiger partial charge in [-0.3, -0.25) is 4.79 Å². The van der Waals surface area contributed by atoms with Crippen molar-refractivity contribution in [3.05, 3.63) is 28.8 Å². The van der Waals surface area contributed by atoms with Crippen LogP contribution in [0, 0.1) is 5.92 Å². The number of amides is 1. The summed E-state index contributed by atoms with van der Waals surface area (Å²) in [5.41, 5.74) is 6.53. The fourth-order valence-corrected chi connectivity index (χ4v) is 1.92. The standard InChI is InChI=1S/C13H19ClN2O/c1-4-11(8(2)3)16-13(17)9-6-5-7-10(15)12(9)14/h5-8,11H,4,15H2,1-3H3,(H,16,17). The van der Waals surface area contributed by atoms with Crippen molar-refractivity contribution in [1.29, 1.82) is 0 Å². The molecule has 0 aliphatic carbocycles. The Morgan fingerprint density at radius 3 is 2.65 bits per heavy atom. The van der Waals surface area contributed by atoms with Crippen molar-refractivity contribution in [1.82, 2.24) is 5.32 Å². The van der Waals surface area contributed by atoms with Gasteiger partial charge in [-0.1, -0.05) is 38.4 Å². The third-order valence-corrected chi connectivity index (χ3v) is 3.26. The number of nitrogens with one attached hydrogen (secondary N) is 1. The minimum absolute atomic E-state index is 0.153. The topological polar surface area (TPSA) is 55.1 Å². The van der Waals surface area contributed by atoms with Gasteiger partial charge in [-0.15, -0.1) is 0 Å². The minimum Gasteiger partial charge on any atom is -0.398 e. The van der Waals surface area contributed by atoms with Crippen LogP contribution < -0.4 is 11.1 Å². The lowest BCUT2D eigenvalue weighted by molar-refractivity contribution is 0.0925. The second-order valence-corrected chi connectivity index (χ2v) is 4.82. The van der Waals surface area contributed by atoms with Crippen molar-refractivity contribution >= 4 is 23.2 Å². The summed E-state index contributed by atoms with van der Waals surface area (Å²) in [5.74, 6) is 0.228. The van der Waals surface area contributed by atoms with Crippen molar-refractivity contribution in [3.8, 4) is 0 Å². The maximum absolute atomic E-state index is 12.0. The van der Waals surface area contributed by atoms with Crippen LogP contribution in [0.2, 0.25) is 5.02 Å². The summed E-state index contributed by atoms with van der Waals surface area (Å²) in [4.78, 5) is 12.0. The van der Waals surface area contributed by atoms with Crippen molar-refractivity contribution in [2.45, 2.75) is 33.2 Å². The van der Waals surface area contributed by atoms with Gasteiger partial charge in [0.25, 0.3) is 5.91 Å².